The molecule has 0 fully saturated rings. The predicted octanol–water partition coefficient (Wildman–Crippen LogP) is 1.97. The van der Waals surface area contributed by atoms with E-state index < -0.39 is 41.8 Å². The lowest BCUT2D eigenvalue weighted by molar-refractivity contribution is -0.115. The number of nitrogens with one attached hydrogen (secondary N) is 2. The third-order valence-corrected chi connectivity index (χ3v) is 4.58. The molecule has 31 heavy (non-hydrogen) atoms. The molecule has 0 saturated heterocycles. The van der Waals surface area contributed by atoms with Gasteiger partial charge in [0.2, 0.25) is 5.91 Å². The molecule has 2 N–H and O–H groups in total. The third kappa shape index (κ3) is 4.92. The molecule has 1 aliphatic heterocycles. The van der Waals surface area contributed by atoms with Gasteiger partial charge in [0.05, 0.1) is 17.7 Å². The van der Waals surface area contributed by atoms with Crippen LogP contribution in [0.5, 0.6) is 0 Å². The summed E-state index contributed by atoms with van der Waals surface area (Å²) < 4.78 is 31.0. The minimum atomic E-state index is -1.12. The molecule has 3 rings (SSSR count). The fourth-order valence-corrected chi connectivity index (χ4v) is 3.04. The first kappa shape index (κ1) is 22.0. The van der Waals surface area contributed by atoms with E-state index in [2.05, 4.69) is 10.6 Å². The second-order valence-electron chi connectivity index (χ2n) is 6.73. The van der Waals surface area contributed by atoms with Gasteiger partial charge in [-0.05, 0) is 36.8 Å². The van der Waals surface area contributed by atoms with Crippen molar-refractivity contribution >= 4 is 29.3 Å². The van der Waals surface area contributed by atoms with Gasteiger partial charge >= 0.3 is 0 Å². The molecule has 0 atom stereocenters. The van der Waals surface area contributed by atoms with Gasteiger partial charge in [-0.25, -0.2) is 8.78 Å². The van der Waals surface area contributed by atoms with E-state index in [4.69, 9.17) is 4.74 Å². The van der Waals surface area contributed by atoms with E-state index in [1.54, 1.807) is 0 Å². The van der Waals surface area contributed by atoms with Crippen LogP contribution in [0.25, 0.3) is 0 Å². The van der Waals surface area contributed by atoms with E-state index in [9.17, 15) is 28.0 Å². The Labute approximate surface area is 176 Å². The number of ether oxygens (including phenoxy) is 1. The highest BCUT2D eigenvalue weighted by Crippen LogP contribution is 2.24. The number of hydrogen-bond acceptors (Lipinski definition) is 5. The first-order chi connectivity index (χ1) is 14.8. The molecule has 0 aliphatic carbocycles. The molecular formula is C21H19F2N3O5. The van der Waals surface area contributed by atoms with E-state index in [1.807, 2.05) is 0 Å². The average molecular weight is 431 g/mol. The summed E-state index contributed by atoms with van der Waals surface area (Å²) in [6, 6.07) is 6.93. The summed E-state index contributed by atoms with van der Waals surface area (Å²) >= 11 is 0. The van der Waals surface area contributed by atoms with Crippen LogP contribution >= 0.6 is 0 Å². The number of hydrogen-bond donors (Lipinski definition) is 2. The van der Waals surface area contributed by atoms with Gasteiger partial charge in [0.1, 0.15) is 0 Å². The topological polar surface area (TPSA) is 105 Å². The third-order valence-electron chi connectivity index (χ3n) is 4.58. The van der Waals surface area contributed by atoms with Crippen molar-refractivity contribution in [1.29, 1.82) is 0 Å². The number of rotatable bonds is 8. The highest BCUT2D eigenvalue weighted by Gasteiger charge is 2.35. The Morgan fingerprint density at radius 3 is 2.45 bits per heavy atom. The molecule has 0 saturated carbocycles. The summed E-state index contributed by atoms with van der Waals surface area (Å²) in [5.41, 5.74) is 0.448. The fraction of sp³-hybridized carbons (Fsp3) is 0.238. The van der Waals surface area contributed by atoms with Crippen molar-refractivity contribution in [3.63, 3.8) is 0 Å². The molecule has 0 bridgehead atoms. The zero-order valence-electron chi connectivity index (χ0n) is 16.5. The Bertz CT molecular complexity index is 1060. The van der Waals surface area contributed by atoms with Crippen LogP contribution in [0.3, 0.4) is 0 Å². The first-order valence-corrected chi connectivity index (χ1v) is 9.34. The molecular weight excluding hydrogens is 412 g/mol. The van der Waals surface area contributed by atoms with Gasteiger partial charge in [0.15, 0.2) is 11.6 Å². The molecule has 4 amide bonds. The Balaban J connectivity index is 1.61. The van der Waals surface area contributed by atoms with Crippen LogP contribution in [-0.2, 0) is 9.53 Å². The number of halogens is 2. The number of benzene rings is 2. The second-order valence-corrected chi connectivity index (χ2v) is 6.73. The van der Waals surface area contributed by atoms with E-state index in [0.717, 1.165) is 17.0 Å². The minimum absolute atomic E-state index is 0.0355. The lowest BCUT2D eigenvalue weighted by atomic mass is 10.1. The number of carbonyl (C=O) groups excluding carboxylic acids is 4. The highest BCUT2D eigenvalue weighted by molar-refractivity contribution is 6.22. The molecule has 2 aromatic rings. The zero-order chi connectivity index (χ0) is 22.5. The van der Waals surface area contributed by atoms with Gasteiger partial charge in [-0.1, -0.05) is 0 Å². The fourth-order valence-electron chi connectivity index (χ4n) is 3.04. The zero-order valence-corrected chi connectivity index (χ0v) is 16.5. The van der Waals surface area contributed by atoms with Gasteiger partial charge in [0, 0.05) is 37.6 Å². The number of methoxy groups -OCH3 is 1. The first-order valence-electron chi connectivity index (χ1n) is 9.34. The van der Waals surface area contributed by atoms with Crippen molar-refractivity contribution in [2.75, 3.05) is 32.1 Å². The maximum absolute atomic E-state index is 13.2. The number of imide groups is 1. The Hall–Kier alpha value is -3.66. The summed E-state index contributed by atoms with van der Waals surface area (Å²) in [4.78, 5) is 50.3. The maximum atomic E-state index is 13.2. The second kappa shape index (κ2) is 9.43. The summed E-state index contributed by atoms with van der Waals surface area (Å²) in [6.45, 7) is 0.157. The van der Waals surface area contributed by atoms with Gasteiger partial charge in [-0.15, -0.1) is 0 Å². The largest absolute Gasteiger partial charge is 0.385 e. The van der Waals surface area contributed by atoms with E-state index >= 15 is 0 Å². The molecule has 0 aromatic heterocycles. The molecule has 162 valence electrons. The molecule has 1 aliphatic rings. The summed E-state index contributed by atoms with van der Waals surface area (Å²) in [5, 5.41) is 4.70. The lowest BCUT2D eigenvalue weighted by Gasteiger charge is -2.12. The van der Waals surface area contributed by atoms with Crippen molar-refractivity contribution in [2.24, 2.45) is 0 Å². The lowest BCUT2D eigenvalue weighted by Crippen LogP contribution is -2.33. The number of fused-ring (bicyclic) bond motifs is 1. The normalized spacial score (nSPS) is 12.7. The molecule has 0 unspecified atom stereocenters. The van der Waals surface area contributed by atoms with E-state index in [-0.39, 0.29) is 28.9 Å². The van der Waals surface area contributed by atoms with E-state index in [0.29, 0.717) is 13.0 Å². The van der Waals surface area contributed by atoms with Gasteiger partial charge in [-0.2, -0.15) is 0 Å². The average Bonchev–Trinajstić information content (AvgIpc) is 2.99. The molecule has 0 radical (unpaired) electrons. The summed E-state index contributed by atoms with van der Waals surface area (Å²) in [5.74, 6) is -4.39. The summed E-state index contributed by atoms with van der Waals surface area (Å²) in [7, 11) is 1.52. The number of anilines is 1. The number of nitrogens with zero attached hydrogens (tertiary/aromatic N) is 1. The SMILES string of the molecule is COCCCN1C(=O)c2ccc(C(=O)NCC(=O)Nc3ccc(F)c(F)c3)cc2C1=O. The van der Waals surface area contributed by atoms with Crippen molar-refractivity contribution in [3.8, 4) is 0 Å². The number of carbonyl (C=O) groups is 4. The highest BCUT2D eigenvalue weighted by atomic mass is 19.2. The Morgan fingerprint density at radius 1 is 1.00 bits per heavy atom. The molecule has 0 spiro atoms. The Kier molecular flexibility index (Phi) is 6.71. The van der Waals surface area contributed by atoms with Crippen LogP contribution in [0.2, 0.25) is 0 Å². The van der Waals surface area contributed by atoms with Crippen LogP contribution in [0.4, 0.5) is 14.5 Å². The Morgan fingerprint density at radius 2 is 1.74 bits per heavy atom. The maximum Gasteiger partial charge on any atom is 0.261 e. The van der Waals surface area contributed by atoms with Crippen LogP contribution in [0, 0.1) is 11.6 Å². The van der Waals surface area contributed by atoms with Crippen LogP contribution in [0.1, 0.15) is 37.5 Å². The van der Waals surface area contributed by atoms with Gasteiger partial charge in [-0.3, -0.25) is 24.1 Å². The summed E-state index contributed by atoms with van der Waals surface area (Å²) in [6.07, 6.45) is 0.488. The smallest absolute Gasteiger partial charge is 0.261 e. The van der Waals surface area contributed by atoms with E-state index in [1.165, 1.54) is 31.4 Å². The van der Waals surface area contributed by atoms with Crippen molar-refractivity contribution < 1.29 is 32.7 Å². The standard InChI is InChI=1S/C21H19F2N3O5/c1-31-8-2-7-26-20(29)14-5-3-12(9-15(14)21(26)30)19(28)24-11-18(27)25-13-4-6-16(22)17(23)10-13/h3-6,9-10H,2,7-8,11H2,1H3,(H,24,28)(H,25,27). The molecule has 1 heterocycles. The van der Waals surface area contributed by atoms with Crippen LogP contribution in [-0.4, -0.2) is 55.3 Å². The van der Waals surface area contributed by atoms with Crippen LogP contribution < -0.4 is 10.6 Å². The van der Waals surface area contributed by atoms with Gasteiger partial charge < -0.3 is 15.4 Å². The molecule has 8 nitrogen and oxygen atoms in total. The molecule has 2 aromatic carbocycles. The molecule has 10 heteroatoms. The van der Waals surface area contributed by atoms with Crippen molar-refractivity contribution in [2.45, 2.75) is 6.42 Å². The number of amides is 4. The quantitative estimate of drug-likeness (QED) is 0.491. The van der Waals surface area contributed by atoms with Crippen molar-refractivity contribution in [1.82, 2.24) is 10.2 Å². The monoisotopic (exact) mass is 431 g/mol. The van der Waals surface area contributed by atoms with Crippen LogP contribution in [0.15, 0.2) is 36.4 Å². The van der Waals surface area contributed by atoms with Crippen molar-refractivity contribution in [3.05, 3.63) is 64.7 Å². The minimum Gasteiger partial charge on any atom is -0.385 e. The van der Waals surface area contributed by atoms with Gasteiger partial charge in [0.25, 0.3) is 17.7 Å². The predicted molar refractivity (Wildman–Crippen MR) is 106 cm³/mol.